The van der Waals surface area contributed by atoms with E-state index >= 15 is 0 Å². The van der Waals surface area contributed by atoms with Crippen molar-refractivity contribution in [1.82, 2.24) is 29.9 Å². The molecule has 1 aliphatic heterocycles. The van der Waals surface area contributed by atoms with Gasteiger partial charge in [-0.3, -0.25) is 14.3 Å². The molecule has 30 heavy (non-hydrogen) atoms. The Morgan fingerprint density at radius 1 is 1.10 bits per heavy atom. The topological polar surface area (TPSA) is 86.6 Å². The van der Waals surface area contributed by atoms with Crippen LogP contribution in [0.25, 0.3) is 22.2 Å². The zero-order chi connectivity index (χ0) is 20.7. The first kappa shape index (κ1) is 19.4. The lowest BCUT2D eigenvalue weighted by atomic mass is 10.1. The number of piperidine rings is 1. The number of nitrogen functional groups attached to an aromatic ring is 1. The average Bonchev–Trinajstić information content (AvgIpc) is 3.37. The van der Waals surface area contributed by atoms with E-state index in [0.717, 1.165) is 48.1 Å². The maximum absolute atomic E-state index is 6.35. The van der Waals surface area contributed by atoms with E-state index in [-0.39, 0.29) is 0 Å². The maximum atomic E-state index is 6.35. The van der Waals surface area contributed by atoms with Gasteiger partial charge in [-0.2, -0.15) is 10.2 Å². The van der Waals surface area contributed by atoms with E-state index in [9.17, 15) is 0 Å². The number of nitrogens with one attached hydrogen (secondary N) is 1. The Bertz CT molecular complexity index is 1190. The molecule has 3 aromatic heterocycles. The van der Waals surface area contributed by atoms with Crippen LogP contribution in [0, 0.1) is 0 Å². The fraction of sp³-hybridized carbons (Fsp3) is 0.286. The van der Waals surface area contributed by atoms with Crippen molar-refractivity contribution in [3.63, 3.8) is 0 Å². The largest absolute Gasteiger partial charge is 0.380 e. The molecule has 3 N–H and O–H groups in total. The number of pyridine rings is 1. The molecule has 0 bridgehead atoms. The quantitative estimate of drug-likeness (QED) is 0.496. The Labute approximate surface area is 183 Å². The SMILES string of the molecule is Nc1nn(Cc2c(Cl)cccc2Cl)c2cc(-c3cnn(C4CCNCC4)c3)cnc12. The molecule has 154 valence electrons. The van der Waals surface area contributed by atoms with Gasteiger partial charge in [-0.15, -0.1) is 0 Å². The number of nitrogens with zero attached hydrogens (tertiary/aromatic N) is 5. The molecular formula is C21H21Cl2N7. The minimum Gasteiger partial charge on any atom is -0.380 e. The molecule has 9 heteroatoms. The molecule has 1 saturated heterocycles. The molecule has 4 heterocycles. The summed E-state index contributed by atoms with van der Waals surface area (Å²) in [6.45, 7) is 2.46. The van der Waals surface area contributed by atoms with Crippen molar-refractivity contribution in [3.05, 3.63) is 58.5 Å². The zero-order valence-corrected chi connectivity index (χ0v) is 17.7. The smallest absolute Gasteiger partial charge is 0.172 e. The van der Waals surface area contributed by atoms with Crippen LogP contribution in [0.4, 0.5) is 5.82 Å². The lowest BCUT2D eigenvalue weighted by Gasteiger charge is -2.22. The van der Waals surface area contributed by atoms with Crippen LogP contribution in [0.2, 0.25) is 10.0 Å². The normalized spacial score (nSPS) is 15.1. The molecule has 0 aliphatic carbocycles. The summed E-state index contributed by atoms with van der Waals surface area (Å²) in [4.78, 5) is 4.56. The molecular weight excluding hydrogens is 421 g/mol. The summed E-state index contributed by atoms with van der Waals surface area (Å²) in [5.41, 5.74) is 10.4. The van der Waals surface area contributed by atoms with Crippen LogP contribution in [0.1, 0.15) is 24.4 Å². The third-order valence-electron chi connectivity index (χ3n) is 5.60. The number of anilines is 1. The minimum atomic E-state index is 0.380. The highest BCUT2D eigenvalue weighted by Crippen LogP contribution is 2.30. The Balaban J connectivity index is 1.51. The summed E-state index contributed by atoms with van der Waals surface area (Å²) in [6.07, 6.45) is 7.96. The van der Waals surface area contributed by atoms with Crippen LogP contribution < -0.4 is 11.1 Å². The summed E-state index contributed by atoms with van der Waals surface area (Å²) in [5.74, 6) is 0.380. The molecule has 5 rings (SSSR count). The van der Waals surface area contributed by atoms with E-state index in [0.29, 0.717) is 34.0 Å². The van der Waals surface area contributed by atoms with Crippen molar-refractivity contribution in [3.8, 4) is 11.1 Å². The van der Waals surface area contributed by atoms with Crippen LogP contribution >= 0.6 is 23.2 Å². The van der Waals surface area contributed by atoms with Crippen molar-refractivity contribution in [2.45, 2.75) is 25.4 Å². The molecule has 0 atom stereocenters. The maximum Gasteiger partial charge on any atom is 0.172 e. The van der Waals surface area contributed by atoms with E-state index in [1.165, 1.54) is 0 Å². The van der Waals surface area contributed by atoms with Gasteiger partial charge in [0.2, 0.25) is 0 Å². The molecule has 0 amide bonds. The third-order valence-corrected chi connectivity index (χ3v) is 6.31. The van der Waals surface area contributed by atoms with Crippen molar-refractivity contribution in [1.29, 1.82) is 0 Å². The Morgan fingerprint density at radius 3 is 2.63 bits per heavy atom. The van der Waals surface area contributed by atoms with Crippen molar-refractivity contribution < 1.29 is 0 Å². The fourth-order valence-electron chi connectivity index (χ4n) is 3.95. The Kier molecular flexibility index (Phi) is 5.10. The standard InChI is InChI=1S/C21H21Cl2N7/c22-17-2-1-3-18(23)16(17)12-30-19-8-13(9-26-20(19)21(24)28-30)14-10-27-29(11-14)15-4-6-25-7-5-15/h1-3,8-11,15,25H,4-7,12H2,(H2,24,28). The molecule has 0 unspecified atom stereocenters. The number of hydrogen-bond donors (Lipinski definition) is 2. The van der Waals surface area contributed by atoms with Crippen LogP contribution in [0.5, 0.6) is 0 Å². The number of rotatable bonds is 4. The Hall–Kier alpha value is -2.61. The first-order valence-electron chi connectivity index (χ1n) is 9.90. The molecule has 1 aromatic carbocycles. The van der Waals surface area contributed by atoms with Crippen molar-refractivity contribution in [2.75, 3.05) is 18.8 Å². The van der Waals surface area contributed by atoms with E-state index in [1.54, 1.807) is 4.68 Å². The van der Waals surface area contributed by atoms with Gasteiger partial charge in [-0.05, 0) is 44.1 Å². The van der Waals surface area contributed by atoms with Gasteiger partial charge in [-0.25, -0.2) is 0 Å². The van der Waals surface area contributed by atoms with E-state index in [4.69, 9.17) is 28.9 Å². The molecule has 7 nitrogen and oxygen atoms in total. The number of benzene rings is 1. The van der Waals surface area contributed by atoms with Gasteiger partial charge in [0, 0.05) is 39.1 Å². The number of aromatic nitrogens is 5. The molecule has 0 saturated carbocycles. The third kappa shape index (κ3) is 3.53. The highest BCUT2D eigenvalue weighted by atomic mass is 35.5. The van der Waals surface area contributed by atoms with Gasteiger partial charge >= 0.3 is 0 Å². The van der Waals surface area contributed by atoms with Crippen molar-refractivity contribution >= 4 is 40.1 Å². The number of fused-ring (bicyclic) bond motifs is 1. The first-order chi connectivity index (χ1) is 14.6. The lowest BCUT2D eigenvalue weighted by molar-refractivity contribution is 0.343. The number of halogens is 2. The van der Waals surface area contributed by atoms with Gasteiger partial charge in [0.15, 0.2) is 5.82 Å². The summed E-state index contributed by atoms with van der Waals surface area (Å²) in [7, 11) is 0. The highest BCUT2D eigenvalue weighted by molar-refractivity contribution is 6.36. The second kappa shape index (κ2) is 7.91. The fourth-order valence-corrected chi connectivity index (χ4v) is 4.47. The van der Waals surface area contributed by atoms with Gasteiger partial charge in [0.1, 0.15) is 5.52 Å². The first-order valence-corrected chi connectivity index (χ1v) is 10.7. The average molecular weight is 442 g/mol. The predicted molar refractivity (Wildman–Crippen MR) is 120 cm³/mol. The molecule has 0 radical (unpaired) electrons. The van der Waals surface area contributed by atoms with E-state index in [1.807, 2.05) is 36.7 Å². The monoisotopic (exact) mass is 441 g/mol. The van der Waals surface area contributed by atoms with E-state index in [2.05, 4.69) is 31.4 Å². The molecule has 0 spiro atoms. The molecule has 1 fully saturated rings. The zero-order valence-electron chi connectivity index (χ0n) is 16.2. The lowest BCUT2D eigenvalue weighted by Crippen LogP contribution is -2.29. The molecule has 4 aromatic rings. The molecule has 1 aliphatic rings. The van der Waals surface area contributed by atoms with Crippen LogP contribution in [-0.4, -0.2) is 37.6 Å². The summed E-state index contributed by atoms with van der Waals surface area (Å²) in [6, 6.07) is 7.93. The number of hydrogen-bond acceptors (Lipinski definition) is 5. The van der Waals surface area contributed by atoms with E-state index < -0.39 is 0 Å². The van der Waals surface area contributed by atoms with Crippen LogP contribution in [-0.2, 0) is 6.54 Å². The summed E-state index contributed by atoms with van der Waals surface area (Å²) >= 11 is 12.7. The van der Waals surface area contributed by atoms with Gasteiger partial charge in [-0.1, -0.05) is 29.3 Å². The second-order valence-corrected chi connectivity index (χ2v) is 8.34. The highest BCUT2D eigenvalue weighted by Gasteiger charge is 2.18. The Morgan fingerprint density at radius 2 is 1.87 bits per heavy atom. The predicted octanol–water partition coefficient (Wildman–Crippen LogP) is 4.16. The summed E-state index contributed by atoms with van der Waals surface area (Å²) in [5, 5.41) is 13.6. The van der Waals surface area contributed by atoms with Crippen molar-refractivity contribution in [2.24, 2.45) is 0 Å². The number of nitrogens with two attached hydrogens (primary N) is 1. The van der Waals surface area contributed by atoms with Gasteiger partial charge in [0.25, 0.3) is 0 Å². The van der Waals surface area contributed by atoms with Crippen LogP contribution in [0.3, 0.4) is 0 Å². The second-order valence-electron chi connectivity index (χ2n) is 7.53. The summed E-state index contributed by atoms with van der Waals surface area (Å²) < 4.78 is 3.86. The minimum absolute atomic E-state index is 0.380. The van der Waals surface area contributed by atoms with Gasteiger partial charge in [0.05, 0.1) is 24.3 Å². The van der Waals surface area contributed by atoms with Gasteiger partial charge < -0.3 is 11.1 Å². The van der Waals surface area contributed by atoms with Crippen LogP contribution in [0.15, 0.2) is 42.9 Å².